The number of allylic oxidation sites excluding steroid dienone is 4. The second kappa shape index (κ2) is 10.1. The fourth-order valence-electron chi connectivity index (χ4n) is 3.97. The predicted molar refractivity (Wildman–Crippen MR) is 148 cm³/mol. The molecule has 1 aliphatic rings. The van der Waals surface area contributed by atoms with Gasteiger partial charge in [0, 0.05) is 11.6 Å². The molecule has 3 aromatic rings. The molecule has 4 rings (SSSR count). The number of benzene rings is 3. The molecule has 190 valence electrons. The molecule has 3 aromatic carbocycles. The fourth-order valence-corrected chi connectivity index (χ4v) is 6.36. The predicted octanol–water partition coefficient (Wildman–Crippen LogP) is 7.62. The van der Waals surface area contributed by atoms with Gasteiger partial charge in [0.15, 0.2) is 11.5 Å². The van der Waals surface area contributed by atoms with E-state index in [0.717, 1.165) is 11.1 Å². The third kappa shape index (κ3) is 5.07. The van der Waals surface area contributed by atoms with Gasteiger partial charge >= 0.3 is 7.37 Å². The zero-order chi connectivity index (χ0) is 26.9. The standard InChI is InChI=1S/C30H29O6P/c1-18(2)32-25-17-27(29(34-20(5)6)30(35-21(7)8)28(25)33-19(3)4)37(31)26-16-12-10-14-23(26)22-13-9-11-15-24(22)36-37/h9-17H,1,3,5,7H2,2,4,6,8H3. The highest BCUT2D eigenvalue weighted by molar-refractivity contribution is 7.75. The smallest absolute Gasteiger partial charge is 0.311 e. The number of hydrogen-bond donors (Lipinski definition) is 0. The molecule has 7 heteroatoms. The van der Waals surface area contributed by atoms with Crippen molar-refractivity contribution < 1.29 is 28.0 Å². The SMILES string of the molecule is C=C(C)Oc1cc(P2(=O)Oc3ccccc3-c3ccccc32)c(OC(=C)C)c(OC(=C)C)c1OC(=C)C. The summed E-state index contributed by atoms with van der Waals surface area (Å²) in [5, 5.41) is 0.718. The van der Waals surface area contributed by atoms with E-state index in [1.165, 1.54) is 0 Å². The highest BCUT2D eigenvalue weighted by atomic mass is 31.2. The van der Waals surface area contributed by atoms with Crippen LogP contribution in [-0.2, 0) is 4.57 Å². The molecule has 1 heterocycles. The molecule has 0 aliphatic carbocycles. The first kappa shape index (κ1) is 25.9. The minimum Gasteiger partial charge on any atom is -0.459 e. The van der Waals surface area contributed by atoms with E-state index < -0.39 is 7.37 Å². The lowest BCUT2D eigenvalue weighted by Gasteiger charge is -2.31. The molecule has 0 amide bonds. The molecule has 0 N–H and O–H groups in total. The van der Waals surface area contributed by atoms with Crippen LogP contribution in [0.1, 0.15) is 27.7 Å². The Balaban J connectivity index is 2.12. The number of fused-ring (bicyclic) bond motifs is 3. The van der Waals surface area contributed by atoms with E-state index in [0.29, 0.717) is 34.1 Å². The molecule has 0 spiro atoms. The summed E-state index contributed by atoms with van der Waals surface area (Å²) in [4.78, 5) is 0. The van der Waals surface area contributed by atoms with Crippen molar-refractivity contribution in [2.75, 3.05) is 0 Å². The summed E-state index contributed by atoms with van der Waals surface area (Å²) in [5.41, 5.74) is 1.63. The molecule has 37 heavy (non-hydrogen) atoms. The van der Waals surface area contributed by atoms with Crippen LogP contribution in [0.4, 0.5) is 0 Å². The maximum atomic E-state index is 15.1. The molecular weight excluding hydrogens is 487 g/mol. The summed E-state index contributed by atoms with van der Waals surface area (Å²) in [7, 11) is -3.84. The molecular formula is C30H29O6P. The summed E-state index contributed by atoms with van der Waals surface area (Å²) >= 11 is 0. The average Bonchev–Trinajstić information content (AvgIpc) is 2.81. The topological polar surface area (TPSA) is 63.2 Å². The zero-order valence-corrected chi connectivity index (χ0v) is 22.3. The van der Waals surface area contributed by atoms with Gasteiger partial charge < -0.3 is 23.5 Å². The minimum atomic E-state index is -3.84. The Kier molecular flexibility index (Phi) is 7.06. The molecule has 0 bridgehead atoms. The van der Waals surface area contributed by atoms with E-state index in [1.807, 2.05) is 36.4 Å². The number of hydrogen-bond acceptors (Lipinski definition) is 6. The van der Waals surface area contributed by atoms with Crippen LogP contribution in [0.15, 0.2) is 104 Å². The molecule has 1 aliphatic heterocycles. The first-order valence-corrected chi connectivity index (χ1v) is 13.2. The zero-order valence-electron chi connectivity index (χ0n) is 21.4. The lowest BCUT2D eigenvalue weighted by molar-refractivity contribution is 0.323. The van der Waals surface area contributed by atoms with Crippen LogP contribution in [0, 0.1) is 0 Å². The lowest BCUT2D eigenvalue weighted by atomic mass is 10.0. The molecule has 1 unspecified atom stereocenters. The van der Waals surface area contributed by atoms with Crippen molar-refractivity contribution in [1.29, 1.82) is 0 Å². The van der Waals surface area contributed by atoms with Crippen LogP contribution in [0.25, 0.3) is 11.1 Å². The van der Waals surface area contributed by atoms with Crippen molar-refractivity contribution in [3.8, 4) is 39.9 Å². The van der Waals surface area contributed by atoms with E-state index in [4.69, 9.17) is 23.5 Å². The third-order valence-electron chi connectivity index (χ3n) is 5.19. The quantitative estimate of drug-likeness (QED) is 0.215. The van der Waals surface area contributed by atoms with Crippen molar-refractivity contribution in [2.24, 2.45) is 0 Å². The third-order valence-corrected chi connectivity index (χ3v) is 7.64. The molecule has 0 aromatic heterocycles. The van der Waals surface area contributed by atoms with Gasteiger partial charge in [-0.1, -0.05) is 62.7 Å². The van der Waals surface area contributed by atoms with Gasteiger partial charge in [0.1, 0.15) is 11.1 Å². The van der Waals surface area contributed by atoms with Crippen LogP contribution >= 0.6 is 7.37 Å². The monoisotopic (exact) mass is 516 g/mol. The Morgan fingerprint density at radius 2 is 1.16 bits per heavy atom. The molecule has 6 nitrogen and oxygen atoms in total. The van der Waals surface area contributed by atoms with Crippen LogP contribution in [0.2, 0.25) is 0 Å². The molecule has 0 fully saturated rings. The maximum absolute atomic E-state index is 15.1. The maximum Gasteiger partial charge on any atom is 0.311 e. The normalized spacial score (nSPS) is 15.4. The van der Waals surface area contributed by atoms with E-state index in [2.05, 4.69) is 26.3 Å². The highest BCUT2D eigenvalue weighted by Crippen LogP contribution is 2.59. The van der Waals surface area contributed by atoms with Gasteiger partial charge in [-0.3, -0.25) is 4.57 Å². The first-order valence-electron chi connectivity index (χ1n) is 11.5. The van der Waals surface area contributed by atoms with Crippen molar-refractivity contribution in [1.82, 2.24) is 0 Å². The second-order valence-electron chi connectivity index (χ2n) is 8.75. The van der Waals surface area contributed by atoms with Crippen LogP contribution in [-0.4, -0.2) is 0 Å². The molecule has 0 saturated carbocycles. The van der Waals surface area contributed by atoms with Crippen LogP contribution < -0.4 is 34.1 Å². The summed E-state index contributed by atoms with van der Waals surface area (Å²) < 4.78 is 45.4. The Bertz CT molecular complexity index is 1500. The van der Waals surface area contributed by atoms with Crippen molar-refractivity contribution in [3.63, 3.8) is 0 Å². The van der Waals surface area contributed by atoms with Crippen LogP contribution in [0.3, 0.4) is 0 Å². The Labute approximate surface area is 217 Å². The fraction of sp³-hybridized carbons (Fsp3) is 0.133. The van der Waals surface area contributed by atoms with E-state index >= 15 is 4.57 Å². The van der Waals surface area contributed by atoms with E-state index in [9.17, 15) is 0 Å². The van der Waals surface area contributed by atoms with Crippen molar-refractivity contribution in [3.05, 3.63) is 104 Å². The number of ether oxygens (including phenoxy) is 4. The largest absolute Gasteiger partial charge is 0.459 e. The van der Waals surface area contributed by atoms with Gasteiger partial charge in [-0.2, -0.15) is 0 Å². The van der Waals surface area contributed by atoms with Gasteiger partial charge in [0.25, 0.3) is 0 Å². The lowest BCUT2D eigenvalue weighted by Crippen LogP contribution is -2.27. The highest BCUT2D eigenvalue weighted by Gasteiger charge is 2.43. The summed E-state index contributed by atoms with van der Waals surface area (Å²) in [6.45, 7) is 22.2. The number of para-hydroxylation sites is 1. The van der Waals surface area contributed by atoms with Crippen LogP contribution in [0.5, 0.6) is 28.7 Å². The summed E-state index contributed by atoms with van der Waals surface area (Å²) in [6, 6.07) is 16.4. The average molecular weight is 517 g/mol. The molecule has 0 saturated heterocycles. The molecule has 0 radical (unpaired) electrons. The molecule has 1 atom stereocenters. The Morgan fingerprint density at radius 1 is 0.649 bits per heavy atom. The van der Waals surface area contributed by atoms with Gasteiger partial charge in [0.2, 0.25) is 11.5 Å². The van der Waals surface area contributed by atoms with Crippen molar-refractivity contribution >= 4 is 18.0 Å². The minimum absolute atomic E-state index is 0.0995. The van der Waals surface area contributed by atoms with E-state index in [-0.39, 0.29) is 28.3 Å². The van der Waals surface area contributed by atoms with Gasteiger partial charge in [-0.05, 0) is 45.4 Å². The first-order chi connectivity index (χ1) is 17.5. The summed E-state index contributed by atoms with van der Waals surface area (Å²) in [5.74, 6) is 2.47. The van der Waals surface area contributed by atoms with Gasteiger partial charge in [0.05, 0.1) is 28.3 Å². The van der Waals surface area contributed by atoms with E-state index in [1.54, 1.807) is 45.9 Å². The number of rotatable bonds is 9. The Hall–Kier alpha value is -4.15. The Morgan fingerprint density at radius 3 is 1.78 bits per heavy atom. The van der Waals surface area contributed by atoms with Crippen molar-refractivity contribution in [2.45, 2.75) is 27.7 Å². The van der Waals surface area contributed by atoms with Gasteiger partial charge in [-0.25, -0.2) is 0 Å². The van der Waals surface area contributed by atoms with Gasteiger partial charge in [-0.15, -0.1) is 0 Å². The summed E-state index contributed by atoms with van der Waals surface area (Å²) in [6.07, 6.45) is 0. The second-order valence-corrected chi connectivity index (χ2v) is 11.0.